The van der Waals surface area contributed by atoms with E-state index in [0.717, 1.165) is 31.3 Å². The summed E-state index contributed by atoms with van der Waals surface area (Å²) < 4.78 is 15.3. The van der Waals surface area contributed by atoms with Gasteiger partial charge >= 0.3 is 0 Å². The minimum absolute atomic E-state index is 0.135. The lowest BCUT2D eigenvalue weighted by Crippen LogP contribution is -2.33. The van der Waals surface area contributed by atoms with E-state index in [1.165, 1.54) is 12.1 Å². The van der Waals surface area contributed by atoms with Gasteiger partial charge in [0.2, 0.25) is 0 Å². The number of halogens is 3. The lowest BCUT2D eigenvalue weighted by atomic mass is 9.93. The molecule has 0 unspecified atom stereocenters. The van der Waals surface area contributed by atoms with Crippen molar-refractivity contribution in [3.05, 3.63) is 98.2 Å². The number of aromatic hydroxyl groups is 1. The van der Waals surface area contributed by atoms with E-state index in [1.807, 2.05) is 36.4 Å². The maximum Gasteiger partial charge on any atom is 0.126 e. The first-order valence-corrected chi connectivity index (χ1v) is 10.4. The number of hydrogen-bond acceptors (Lipinski definition) is 3. The van der Waals surface area contributed by atoms with E-state index in [1.54, 1.807) is 18.2 Å². The number of nitrogens with zero attached hydrogens (tertiary/aromatic N) is 1. The highest BCUT2D eigenvalue weighted by atomic mass is 79.9. The minimum atomic E-state index is -0.337. The molecule has 142 valence electrons. The van der Waals surface area contributed by atoms with Gasteiger partial charge in [-0.15, -0.1) is 0 Å². The van der Waals surface area contributed by atoms with Crippen molar-refractivity contribution in [2.75, 3.05) is 0 Å². The largest absolute Gasteiger partial charge is 0.508 e. The van der Waals surface area contributed by atoms with Gasteiger partial charge in [-0.2, -0.15) is 0 Å². The highest BCUT2D eigenvalue weighted by Crippen LogP contribution is 2.36. The van der Waals surface area contributed by atoms with Crippen molar-refractivity contribution in [3.8, 4) is 5.75 Å². The van der Waals surface area contributed by atoms with Crippen molar-refractivity contribution in [2.45, 2.75) is 18.6 Å². The van der Waals surface area contributed by atoms with Gasteiger partial charge in [-0.1, -0.05) is 56.1 Å². The van der Waals surface area contributed by atoms with Crippen LogP contribution in [-0.4, -0.2) is 10.8 Å². The molecule has 3 aromatic rings. The lowest BCUT2D eigenvalue weighted by Gasteiger charge is -2.31. The quantitative estimate of drug-likeness (QED) is 0.441. The van der Waals surface area contributed by atoms with Crippen molar-refractivity contribution >= 4 is 37.6 Å². The topological polar surface area (TPSA) is 44.6 Å². The fourth-order valence-corrected chi connectivity index (χ4v) is 3.99. The zero-order chi connectivity index (χ0) is 19.7. The summed E-state index contributed by atoms with van der Waals surface area (Å²) in [5, 5.41) is 13.9. The van der Waals surface area contributed by atoms with Crippen molar-refractivity contribution in [1.29, 1.82) is 0 Å². The third-order valence-corrected chi connectivity index (χ3v) is 5.79. The van der Waals surface area contributed by atoms with Gasteiger partial charge in [0.15, 0.2) is 0 Å². The first-order chi connectivity index (χ1) is 13.5. The summed E-state index contributed by atoms with van der Waals surface area (Å²) in [7, 11) is 0. The van der Waals surface area contributed by atoms with Crippen LogP contribution < -0.4 is 5.32 Å². The van der Waals surface area contributed by atoms with E-state index >= 15 is 0 Å². The predicted octanol–water partition coefficient (Wildman–Crippen LogP) is 6.28. The Labute approximate surface area is 179 Å². The molecule has 1 heterocycles. The number of benzene rings is 3. The highest BCUT2D eigenvalue weighted by molar-refractivity contribution is 9.10. The van der Waals surface area contributed by atoms with Crippen LogP contribution in [0.15, 0.2) is 80.7 Å². The fourth-order valence-electron chi connectivity index (χ4n) is 3.34. The Kier molecular flexibility index (Phi) is 5.62. The number of rotatable bonds is 3. The monoisotopic (exact) mass is 502 g/mol. The maximum atomic E-state index is 13.4. The molecule has 1 aliphatic rings. The molecule has 0 spiro atoms. The molecule has 0 amide bonds. The van der Waals surface area contributed by atoms with Gasteiger partial charge in [0, 0.05) is 32.7 Å². The number of phenolic OH excluding ortho intramolecular Hbond substituents is 1. The Bertz CT molecular complexity index is 1020. The SMILES string of the molecule is Oc1ccc(Br)cc1[C@@H]1CC(c2ccc(Br)cc2)=N[C@H](c2ccc(F)cc2)N1. The van der Waals surface area contributed by atoms with Crippen molar-refractivity contribution < 1.29 is 9.50 Å². The van der Waals surface area contributed by atoms with Crippen LogP contribution in [0.1, 0.15) is 35.3 Å². The second-order valence-electron chi connectivity index (χ2n) is 6.66. The van der Waals surface area contributed by atoms with Crippen LogP contribution in [0.5, 0.6) is 5.75 Å². The number of aliphatic imine (C=N–C) groups is 1. The Morgan fingerprint density at radius 3 is 2.32 bits per heavy atom. The fraction of sp³-hybridized carbons (Fsp3) is 0.136. The molecule has 0 fully saturated rings. The summed E-state index contributed by atoms with van der Waals surface area (Å²) >= 11 is 6.95. The first-order valence-electron chi connectivity index (χ1n) is 8.82. The summed E-state index contributed by atoms with van der Waals surface area (Å²) in [6.07, 6.45) is 0.292. The molecule has 0 aliphatic carbocycles. The molecule has 3 aromatic carbocycles. The third kappa shape index (κ3) is 4.19. The average molecular weight is 504 g/mol. The zero-order valence-electron chi connectivity index (χ0n) is 14.7. The Hall–Kier alpha value is -2.02. The summed E-state index contributed by atoms with van der Waals surface area (Å²) in [4.78, 5) is 4.88. The third-order valence-electron chi connectivity index (χ3n) is 4.77. The van der Waals surface area contributed by atoms with Gasteiger partial charge in [0.1, 0.15) is 17.7 Å². The molecule has 3 nitrogen and oxygen atoms in total. The molecule has 0 radical (unpaired) electrons. The van der Waals surface area contributed by atoms with Gasteiger partial charge in [-0.3, -0.25) is 10.3 Å². The number of hydrogen-bond donors (Lipinski definition) is 2. The molecular formula is C22H17Br2FN2O. The zero-order valence-corrected chi connectivity index (χ0v) is 17.9. The predicted molar refractivity (Wildman–Crippen MR) is 116 cm³/mol. The van der Waals surface area contributed by atoms with Gasteiger partial charge in [-0.25, -0.2) is 4.39 Å². The molecule has 0 aromatic heterocycles. The summed E-state index contributed by atoms with van der Waals surface area (Å²) in [6.45, 7) is 0. The highest BCUT2D eigenvalue weighted by Gasteiger charge is 2.27. The van der Waals surface area contributed by atoms with Crippen LogP contribution in [0.3, 0.4) is 0 Å². The van der Waals surface area contributed by atoms with Gasteiger partial charge in [0.05, 0.1) is 0 Å². The Morgan fingerprint density at radius 1 is 0.929 bits per heavy atom. The Balaban J connectivity index is 1.76. The van der Waals surface area contributed by atoms with Crippen molar-refractivity contribution in [1.82, 2.24) is 5.32 Å². The standard InChI is InChI=1S/C22H17Br2FN2O/c23-15-5-1-13(2-6-15)19-12-20(18-11-16(24)7-10-21(18)28)27-22(26-19)14-3-8-17(25)9-4-14/h1-11,20,22,27-28H,12H2/t20-,22-/m0/s1. The Morgan fingerprint density at radius 2 is 1.61 bits per heavy atom. The second-order valence-corrected chi connectivity index (χ2v) is 8.49. The minimum Gasteiger partial charge on any atom is -0.508 e. The van der Waals surface area contributed by atoms with E-state index in [2.05, 4.69) is 37.2 Å². The van der Waals surface area contributed by atoms with Crippen molar-refractivity contribution in [2.24, 2.45) is 4.99 Å². The first kappa shape index (κ1) is 19.3. The van der Waals surface area contributed by atoms with Crippen molar-refractivity contribution in [3.63, 3.8) is 0 Å². The van der Waals surface area contributed by atoms with Crippen LogP contribution in [-0.2, 0) is 0 Å². The molecule has 2 N–H and O–H groups in total. The van der Waals surface area contributed by atoms with Crippen LogP contribution in [0, 0.1) is 5.82 Å². The van der Waals surface area contributed by atoms with Crippen LogP contribution in [0.25, 0.3) is 0 Å². The van der Waals surface area contributed by atoms with E-state index < -0.39 is 0 Å². The number of nitrogens with one attached hydrogen (secondary N) is 1. The molecule has 0 bridgehead atoms. The molecule has 28 heavy (non-hydrogen) atoms. The molecule has 6 heteroatoms. The van der Waals surface area contributed by atoms with E-state index in [0.29, 0.717) is 6.42 Å². The molecular weight excluding hydrogens is 487 g/mol. The molecule has 2 atom stereocenters. The van der Waals surface area contributed by atoms with Crippen LogP contribution in [0.4, 0.5) is 4.39 Å². The van der Waals surface area contributed by atoms with Crippen LogP contribution in [0.2, 0.25) is 0 Å². The summed E-state index contributed by atoms with van der Waals surface area (Å²) in [6, 6.07) is 19.6. The van der Waals surface area contributed by atoms with E-state index in [-0.39, 0.29) is 23.8 Å². The van der Waals surface area contributed by atoms with E-state index in [4.69, 9.17) is 4.99 Å². The summed E-state index contributed by atoms with van der Waals surface area (Å²) in [5.41, 5.74) is 3.63. The van der Waals surface area contributed by atoms with Gasteiger partial charge in [0.25, 0.3) is 0 Å². The molecule has 1 aliphatic heterocycles. The maximum absolute atomic E-state index is 13.4. The summed E-state index contributed by atoms with van der Waals surface area (Å²) in [5.74, 6) is -0.0477. The van der Waals surface area contributed by atoms with Crippen LogP contribution >= 0.6 is 31.9 Å². The second kappa shape index (κ2) is 8.15. The van der Waals surface area contributed by atoms with E-state index in [9.17, 15) is 9.50 Å². The molecule has 4 rings (SSSR count). The molecule has 0 saturated heterocycles. The van der Waals surface area contributed by atoms with Gasteiger partial charge < -0.3 is 5.11 Å². The average Bonchev–Trinajstić information content (AvgIpc) is 2.70. The normalized spacial score (nSPS) is 19.3. The molecule has 0 saturated carbocycles. The van der Waals surface area contributed by atoms with Gasteiger partial charge in [-0.05, 0) is 53.6 Å². The number of phenols is 1. The lowest BCUT2D eigenvalue weighted by molar-refractivity contribution is 0.412. The smallest absolute Gasteiger partial charge is 0.126 e.